The first-order valence-electron chi connectivity index (χ1n) is 4.81. The lowest BCUT2D eigenvalue weighted by Crippen LogP contribution is -2.38. The first-order chi connectivity index (χ1) is 5.02. The fourth-order valence-corrected chi connectivity index (χ4v) is 2.43. The molecule has 1 rings (SSSR count). The highest BCUT2D eigenvalue weighted by Gasteiger charge is 2.33. The minimum Gasteiger partial charge on any atom is -0.325 e. The lowest BCUT2D eigenvalue weighted by Gasteiger charge is -2.25. The molecule has 0 aromatic rings. The molecule has 2 atom stereocenters. The molecule has 66 valence electrons. The number of nitrogens with two attached hydrogens (primary N) is 1. The van der Waals surface area contributed by atoms with Crippen LogP contribution in [0.25, 0.3) is 0 Å². The Hall–Kier alpha value is -0.0400. The van der Waals surface area contributed by atoms with Crippen molar-refractivity contribution in [2.45, 2.75) is 52.0 Å². The van der Waals surface area contributed by atoms with E-state index in [2.05, 4.69) is 20.8 Å². The molecule has 1 aliphatic carbocycles. The van der Waals surface area contributed by atoms with Crippen molar-refractivity contribution >= 4 is 0 Å². The molecule has 0 aliphatic heterocycles. The molecule has 2 N–H and O–H groups in total. The quantitative estimate of drug-likeness (QED) is 0.651. The molecule has 0 bridgehead atoms. The maximum absolute atomic E-state index is 6.25. The fraction of sp³-hybridized carbons (Fsp3) is 1.00. The van der Waals surface area contributed by atoms with Gasteiger partial charge in [-0.3, -0.25) is 0 Å². The van der Waals surface area contributed by atoms with Gasteiger partial charge in [0.2, 0.25) is 0 Å². The standard InChI is InChI=1S/C10H21N/c1-8(2)6-10(11)5-4-9(3)7-10/h8-9H,4-7,11H2,1-3H3. The summed E-state index contributed by atoms with van der Waals surface area (Å²) in [6.45, 7) is 6.84. The Morgan fingerprint density at radius 2 is 2.18 bits per heavy atom. The van der Waals surface area contributed by atoms with Crippen molar-refractivity contribution in [2.24, 2.45) is 17.6 Å². The van der Waals surface area contributed by atoms with Crippen LogP contribution in [0, 0.1) is 11.8 Å². The van der Waals surface area contributed by atoms with Gasteiger partial charge in [0, 0.05) is 5.54 Å². The van der Waals surface area contributed by atoms with Crippen LogP contribution in [0.5, 0.6) is 0 Å². The van der Waals surface area contributed by atoms with Crippen LogP contribution in [0.2, 0.25) is 0 Å². The van der Waals surface area contributed by atoms with E-state index in [1.54, 1.807) is 0 Å². The average Bonchev–Trinajstić information content (AvgIpc) is 2.08. The van der Waals surface area contributed by atoms with Crippen molar-refractivity contribution in [1.29, 1.82) is 0 Å². The maximum atomic E-state index is 6.25. The molecular weight excluding hydrogens is 134 g/mol. The van der Waals surface area contributed by atoms with Gasteiger partial charge in [-0.2, -0.15) is 0 Å². The van der Waals surface area contributed by atoms with Gasteiger partial charge in [-0.1, -0.05) is 20.8 Å². The Balaban J connectivity index is 2.42. The summed E-state index contributed by atoms with van der Waals surface area (Å²) in [6.07, 6.45) is 5.03. The summed E-state index contributed by atoms with van der Waals surface area (Å²) in [4.78, 5) is 0. The van der Waals surface area contributed by atoms with Crippen LogP contribution in [0.4, 0.5) is 0 Å². The highest BCUT2D eigenvalue weighted by Crippen LogP contribution is 2.36. The number of hydrogen-bond acceptors (Lipinski definition) is 1. The van der Waals surface area contributed by atoms with Crippen LogP contribution >= 0.6 is 0 Å². The Morgan fingerprint density at radius 1 is 1.55 bits per heavy atom. The fourth-order valence-electron chi connectivity index (χ4n) is 2.43. The van der Waals surface area contributed by atoms with Gasteiger partial charge in [-0.15, -0.1) is 0 Å². The van der Waals surface area contributed by atoms with Gasteiger partial charge in [-0.25, -0.2) is 0 Å². The van der Waals surface area contributed by atoms with Crippen LogP contribution < -0.4 is 5.73 Å². The predicted octanol–water partition coefficient (Wildman–Crippen LogP) is 2.55. The van der Waals surface area contributed by atoms with Crippen molar-refractivity contribution in [2.75, 3.05) is 0 Å². The van der Waals surface area contributed by atoms with Crippen molar-refractivity contribution in [3.63, 3.8) is 0 Å². The molecule has 0 spiro atoms. The zero-order valence-corrected chi connectivity index (χ0v) is 8.06. The molecule has 11 heavy (non-hydrogen) atoms. The molecule has 0 aromatic carbocycles. The van der Waals surface area contributed by atoms with E-state index in [1.807, 2.05) is 0 Å². The number of hydrogen-bond donors (Lipinski definition) is 1. The third-order valence-corrected chi connectivity index (χ3v) is 2.70. The van der Waals surface area contributed by atoms with Gasteiger partial charge in [0.25, 0.3) is 0 Å². The monoisotopic (exact) mass is 155 g/mol. The summed E-state index contributed by atoms with van der Waals surface area (Å²) < 4.78 is 0. The summed E-state index contributed by atoms with van der Waals surface area (Å²) in [5.41, 5.74) is 6.44. The van der Waals surface area contributed by atoms with Crippen molar-refractivity contribution < 1.29 is 0 Å². The molecule has 0 aromatic heterocycles. The maximum Gasteiger partial charge on any atom is 0.0159 e. The lowest BCUT2D eigenvalue weighted by molar-refractivity contribution is 0.339. The van der Waals surface area contributed by atoms with Crippen LogP contribution in [0.3, 0.4) is 0 Å². The smallest absolute Gasteiger partial charge is 0.0159 e. The minimum atomic E-state index is 0.188. The second-order valence-corrected chi connectivity index (χ2v) is 4.81. The van der Waals surface area contributed by atoms with E-state index in [0.717, 1.165) is 11.8 Å². The van der Waals surface area contributed by atoms with Gasteiger partial charge in [0.1, 0.15) is 0 Å². The van der Waals surface area contributed by atoms with E-state index in [4.69, 9.17) is 5.73 Å². The Labute approximate surface area is 70.4 Å². The SMILES string of the molecule is CC(C)CC1(N)CCC(C)C1. The molecule has 1 saturated carbocycles. The third kappa shape index (κ3) is 2.48. The molecule has 1 fully saturated rings. The van der Waals surface area contributed by atoms with E-state index in [0.29, 0.717) is 0 Å². The molecule has 0 saturated heterocycles. The summed E-state index contributed by atoms with van der Waals surface area (Å²) in [6, 6.07) is 0. The second kappa shape index (κ2) is 3.14. The lowest BCUT2D eigenvalue weighted by atomic mass is 9.88. The van der Waals surface area contributed by atoms with E-state index in [-0.39, 0.29) is 5.54 Å². The molecule has 2 unspecified atom stereocenters. The topological polar surface area (TPSA) is 26.0 Å². The summed E-state index contributed by atoms with van der Waals surface area (Å²) in [7, 11) is 0. The normalized spacial score (nSPS) is 38.5. The van der Waals surface area contributed by atoms with Crippen molar-refractivity contribution in [3.8, 4) is 0 Å². The highest BCUT2D eigenvalue weighted by atomic mass is 14.8. The second-order valence-electron chi connectivity index (χ2n) is 4.81. The van der Waals surface area contributed by atoms with Gasteiger partial charge in [0.15, 0.2) is 0 Å². The third-order valence-electron chi connectivity index (χ3n) is 2.70. The van der Waals surface area contributed by atoms with E-state index < -0.39 is 0 Å². The van der Waals surface area contributed by atoms with E-state index in [1.165, 1.54) is 25.7 Å². The van der Waals surface area contributed by atoms with Crippen LogP contribution in [0.15, 0.2) is 0 Å². The van der Waals surface area contributed by atoms with Gasteiger partial charge in [0.05, 0.1) is 0 Å². The van der Waals surface area contributed by atoms with Crippen LogP contribution in [-0.4, -0.2) is 5.54 Å². The molecule has 0 radical (unpaired) electrons. The van der Waals surface area contributed by atoms with E-state index in [9.17, 15) is 0 Å². The van der Waals surface area contributed by atoms with Crippen molar-refractivity contribution in [1.82, 2.24) is 0 Å². The van der Waals surface area contributed by atoms with Crippen LogP contribution in [-0.2, 0) is 0 Å². The average molecular weight is 155 g/mol. The summed E-state index contributed by atoms with van der Waals surface area (Å²) in [5.74, 6) is 1.61. The minimum absolute atomic E-state index is 0.188. The van der Waals surface area contributed by atoms with Gasteiger partial charge < -0.3 is 5.73 Å². The first kappa shape index (κ1) is 9.05. The van der Waals surface area contributed by atoms with Crippen LogP contribution in [0.1, 0.15) is 46.5 Å². The molecule has 1 aliphatic rings. The summed E-state index contributed by atoms with van der Waals surface area (Å²) in [5, 5.41) is 0. The zero-order chi connectivity index (χ0) is 8.48. The highest BCUT2D eigenvalue weighted by molar-refractivity contribution is 4.92. The Kier molecular flexibility index (Phi) is 2.58. The van der Waals surface area contributed by atoms with E-state index >= 15 is 0 Å². The van der Waals surface area contributed by atoms with Crippen molar-refractivity contribution in [3.05, 3.63) is 0 Å². The van der Waals surface area contributed by atoms with Gasteiger partial charge >= 0.3 is 0 Å². The summed E-state index contributed by atoms with van der Waals surface area (Å²) >= 11 is 0. The zero-order valence-electron chi connectivity index (χ0n) is 8.06. The predicted molar refractivity (Wildman–Crippen MR) is 49.4 cm³/mol. The number of rotatable bonds is 2. The molecule has 0 heterocycles. The molecule has 1 heteroatoms. The van der Waals surface area contributed by atoms with Gasteiger partial charge in [-0.05, 0) is 37.5 Å². The molecular formula is C10H21N. The largest absolute Gasteiger partial charge is 0.325 e. The Bertz CT molecular complexity index is 131. The first-order valence-corrected chi connectivity index (χ1v) is 4.81. The molecule has 1 nitrogen and oxygen atoms in total. The molecule has 0 amide bonds. The Morgan fingerprint density at radius 3 is 2.55 bits per heavy atom.